The quantitative estimate of drug-likeness (QED) is 0.726. The minimum absolute atomic E-state index is 0.217. The number of nitrogens with zero attached hydrogens (tertiary/aromatic N) is 2. The Balaban J connectivity index is 1.61. The molecule has 1 amide bonds. The summed E-state index contributed by atoms with van der Waals surface area (Å²) in [4.78, 5) is 20.7. The lowest BCUT2D eigenvalue weighted by molar-refractivity contribution is 0.0946. The maximum absolute atomic E-state index is 12.3. The number of hydrogen-bond acceptors (Lipinski definition) is 4. The van der Waals surface area contributed by atoms with Gasteiger partial charge < -0.3 is 10.6 Å². The molecule has 1 aromatic heterocycles. The Morgan fingerprint density at radius 3 is 2.52 bits per heavy atom. The molecule has 0 saturated carbocycles. The van der Waals surface area contributed by atoms with Crippen molar-refractivity contribution in [1.29, 1.82) is 0 Å². The molecule has 0 radical (unpaired) electrons. The number of amides is 1. The van der Waals surface area contributed by atoms with Gasteiger partial charge in [-0.3, -0.25) is 4.79 Å². The Hall–Kier alpha value is -3.21. The van der Waals surface area contributed by atoms with Gasteiger partial charge in [-0.05, 0) is 29.7 Å². The first kappa shape index (κ1) is 16.6. The Bertz CT molecular complexity index is 849. The summed E-state index contributed by atoms with van der Waals surface area (Å²) in [5.41, 5.74) is 3.76. The van der Waals surface area contributed by atoms with E-state index in [2.05, 4.69) is 39.7 Å². The van der Waals surface area contributed by atoms with E-state index in [1.54, 1.807) is 12.3 Å². The molecule has 0 aliphatic carbocycles. The van der Waals surface area contributed by atoms with Gasteiger partial charge in [0.15, 0.2) is 0 Å². The largest absolute Gasteiger partial charge is 0.350 e. The molecule has 3 rings (SSSR count). The predicted molar refractivity (Wildman–Crippen MR) is 98.1 cm³/mol. The molecule has 126 valence electrons. The summed E-state index contributed by atoms with van der Waals surface area (Å²) in [6, 6.07) is 19.5. The first-order valence-electron chi connectivity index (χ1n) is 8.16. The lowest BCUT2D eigenvalue weighted by Gasteiger charge is -2.09. The first-order chi connectivity index (χ1) is 12.2. The van der Waals surface area contributed by atoms with Crippen LogP contribution in [0.3, 0.4) is 0 Å². The topological polar surface area (TPSA) is 66.9 Å². The fourth-order valence-electron chi connectivity index (χ4n) is 2.42. The van der Waals surface area contributed by atoms with Crippen LogP contribution < -0.4 is 10.6 Å². The molecule has 0 unspecified atom stereocenters. The highest BCUT2D eigenvalue weighted by Gasteiger charge is 2.08. The van der Waals surface area contributed by atoms with E-state index in [0.717, 1.165) is 5.56 Å². The van der Waals surface area contributed by atoms with E-state index in [0.29, 0.717) is 24.7 Å². The average Bonchev–Trinajstić information content (AvgIpc) is 2.66. The fourth-order valence-corrected chi connectivity index (χ4v) is 2.42. The zero-order chi connectivity index (χ0) is 17.5. The molecule has 0 saturated heterocycles. The third-order valence-electron chi connectivity index (χ3n) is 3.88. The number of aryl methyl sites for hydroxylation is 1. The van der Waals surface area contributed by atoms with Gasteiger partial charge in [0.25, 0.3) is 5.91 Å². The van der Waals surface area contributed by atoms with Crippen LogP contribution in [0.5, 0.6) is 0 Å². The zero-order valence-electron chi connectivity index (χ0n) is 14.1. The third-order valence-corrected chi connectivity index (χ3v) is 3.88. The van der Waals surface area contributed by atoms with Gasteiger partial charge in [-0.1, -0.05) is 54.6 Å². The molecule has 25 heavy (non-hydrogen) atoms. The SMILES string of the molecule is Cc1ccccc1CNc1nccc(C(=O)NCc2ccccc2)n1. The van der Waals surface area contributed by atoms with Crippen molar-refractivity contribution in [1.82, 2.24) is 15.3 Å². The summed E-state index contributed by atoms with van der Waals surface area (Å²) < 4.78 is 0. The maximum atomic E-state index is 12.3. The normalized spacial score (nSPS) is 10.3. The summed E-state index contributed by atoms with van der Waals surface area (Å²) in [6.45, 7) is 3.14. The number of aromatic nitrogens is 2. The highest BCUT2D eigenvalue weighted by atomic mass is 16.1. The van der Waals surface area contributed by atoms with Crippen molar-refractivity contribution in [3.05, 3.63) is 89.2 Å². The molecule has 3 aromatic rings. The standard InChI is InChI=1S/C20H20N4O/c1-15-7-5-6-10-17(15)14-23-20-21-12-11-18(24-20)19(25)22-13-16-8-3-2-4-9-16/h2-12H,13-14H2,1H3,(H,22,25)(H,21,23,24). The van der Waals surface area contributed by atoms with Crippen LogP contribution in [-0.2, 0) is 13.1 Å². The second-order valence-electron chi connectivity index (χ2n) is 5.71. The number of carbonyl (C=O) groups is 1. The van der Waals surface area contributed by atoms with E-state index in [1.807, 2.05) is 42.5 Å². The van der Waals surface area contributed by atoms with Gasteiger partial charge in [0.2, 0.25) is 5.95 Å². The molecule has 2 aromatic carbocycles. The Kier molecular flexibility index (Phi) is 5.36. The summed E-state index contributed by atoms with van der Waals surface area (Å²) >= 11 is 0. The van der Waals surface area contributed by atoms with Crippen LogP contribution in [0.2, 0.25) is 0 Å². The molecule has 0 atom stereocenters. The molecule has 0 aliphatic heterocycles. The van der Waals surface area contributed by atoms with Crippen LogP contribution in [0.25, 0.3) is 0 Å². The predicted octanol–water partition coefficient (Wildman–Crippen LogP) is 3.33. The maximum Gasteiger partial charge on any atom is 0.270 e. The average molecular weight is 332 g/mol. The van der Waals surface area contributed by atoms with Crippen molar-refractivity contribution in [2.75, 3.05) is 5.32 Å². The lowest BCUT2D eigenvalue weighted by Crippen LogP contribution is -2.24. The van der Waals surface area contributed by atoms with Crippen molar-refractivity contribution in [3.63, 3.8) is 0 Å². The van der Waals surface area contributed by atoms with Gasteiger partial charge in [0, 0.05) is 19.3 Å². The highest BCUT2D eigenvalue weighted by molar-refractivity contribution is 5.92. The molecule has 1 heterocycles. The Morgan fingerprint density at radius 1 is 0.960 bits per heavy atom. The second-order valence-corrected chi connectivity index (χ2v) is 5.71. The van der Waals surface area contributed by atoms with Crippen molar-refractivity contribution in [2.45, 2.75) is 20.0 Å². The van der Waals surface area contributed by atoms with Crippen LogP contribution in [0.1, 0.15) is 27.2 Å². The molecule has 0 fully saturated rings. The lowest BCUT2D eigenvalue weighted by atomic mass is 10.1. The van der Waals surface area contributed by atoms with Crippen molar-refractivity contribution in [2.24, 2.45) is 0 Å². The molecular weight excluding hydrogens is 312 g/mol. The van der Waals surface area contributed by atoms with E-state index in [-0.39, 0.29) is 5.91 Å². The number of rotatable bonds is 6. The molecule has 0 aliphatic rings. The number of anilines is 1. The second kappa shape index (κ2) is 8.06. The monoisotopic (exact) mass is 332 g/mol. The van der Waals surface area contributed by atoms with Crippen LogP contribution in [-0.4, -0.2) is 15.9 Å². The molecule has 0 bridgehead atoms. The molecular formula is C20H20N4O. The van der Waals surface area contributed by atoms with E-state index in [4.69, 9.17) is 0 Å². The van der Waals surface area contributed by atoms with Gasteiger partial charge in [0.1, 0.15) is 5.69 Å². The summed E-state index contributed by atoms with van der Waals surface area (Å²) in [6.07, 6.45) is 1.59. The van der Waals surface area contributed by atoms with Crippen molar-refractivity contribution in [3.8, 4) is 0 Å². The number of benzene rings is 2. The first-order valence-corrected chi connectivity index (χ1v) is 8.16. The molecule has 0 spiro atoms. The Morgan fingerprint density at radius 2 is 1.72 bits per heavy atom. The van der Waals surface area contributed by atoms with Crippen molar-refractivity contribution < 1.29 is 4.79 Å². The molecule has 5 nitrogen and oxygen atoms in total. The summed E-state index contributed by atoms with van der Waals surface area (Å²) in [7, 11) is 0. The minimum atomic E-state index is -0.217. The minimum Gasteiger partial charge on any atom is -0.350 e. The molecule has 2 N–H and O–H groups in total. The molecule has 5 heteroatoms. The van der Waals surface area contributed by atoms with Crippen LogP contribution in [0.4, 0.5) is 5.95 Å². The number of nitrogens with one attached hydrogen (secondary N) is 2. The van der Waals surface area contributed by atoms with Crippen molar-refractivity contribution >= 4 is 11.9 Å². The smallest absolute Gasteiger partial charge is 0.270 e. The van der Waals surface area contributed by atoms with E-state index in [1.165, 1.54) is 11.1 Å². The van der Waals surface area contributed by atoms with Crippen LogP contribution in [0.15, 0.2) is 66.9 Å². The fraction of sp³-hybridized carbons (Fsp3) is 0.150. The summed E-state index contributed by atoms with van der Waals surface area (Å²) in [5, 5.41) is 6.04. The van der Waals surface area contributed by atoms with Gasteiger partial charge in [-0.25, -0.2) is 9.97 Å². The summed E-state index contributed by atoms with van der Waals surface area (Å²) in [5.74, 6) is 0.223. The zero-order valence-corrected chi connectivity index (χ0v) is 14.1. The third kappa shape index (κ3) is 4.64. The van der Waals surface area contributed by atoms with Gasteiger partial charge >= 0.3 is 0 Å². The van der Waals surface area contributed by atoms with Crippen LogP contribution in [0, 0.1) is 6.92 Å². The van der Waals surface area contributed by atoms with Gasteiger partial charge in [-0.2, -0.15) is 0 Å². The van der Waals surface area contributed by atoms with E-state index < -0.39 is 0 Å². The van der Waals surface area contributed by atoms with Gasteiger partial charge in [-0.15, -0.1) is 0 Å². The van der Waals surface area contributed by atoms with Gasteiger partial charge in [0.05, 0.1) is 0 Å². The van der Waals surface area contributed by atoms with Crippen LogP contribution >= 0.6 is 0 Å². The highest BCUT2D eigenvalue weighted by Crippen LogP contribution is 2.09. The van der Waals surface area contributed by atoms with E-state index in [9.17, 15) is 4.79 Å². The number of hydrogen-bond donors (Lipinski definition) is 2. The van der Waals surface area contributed by atoms with E-state index >= 15 is 0 Å². The Labute approximate surface area is 147 Å². The number of carbonyl (C=O) groups excluding carboxylic acids is 1.